The summed E-state index contributed by atoms with van der Waals surface area (Å²) in [6.07, 6.45) is 4.91. The third-order valence-electron chi connectivity index (χ3n) is 7.26. The lowest BCUT2D eigenvalue weighted by molar-refractivity contribution is -0.131. The number of para-hydroxylation sites is 1. The molecule has 5 rings (SSSR count). The van der Waals surface area contributed by atoms with Crippen LogP contribution in [-0.2, 0) is 17.9 Å². The fraction of sp³-hybridized carbons (Fsp3) is 0.290. The molecule has 1 aliphatic heterocycles. The van der Waals surface area contributed by atoms with Gasteiger partial charge in [0.1, 0.15) is 12.4 Å². The van der Waals surface area contributed by atoms with Crippen molar-refractivity contribution in [3.63, 3.8) is 0 Å². The van der Waals surface area contributed by atoms with Crippen molar-refractivity contribution in [3.05, 3.63) is 102 Å². The molecule has 0 saturated carbocycles. The number of carbonyl (C=O) groups is 2. The van der Waals surface area contributed by atoms with Gasteiger partial charge in [0.05, 0.1) is 11.7 Å². The molecule has 206 valence electrons. The SMILES string of the molecule is Cc1cc(COc2ccc(C(=O)NC3[C@@H](CC(=O)NO)CCCN3Cc3cccnc3)cc2)c2ccccc2n1. The number of nitrogens with one attached hydrogen (secondary N) is 2. The number of likely N-dealkylation sites (tertiary alicyclic amines) is 1. The molecule has 2 aromatic carbocycles. The Morgan fingerprint density at radius 1 is 1.10 bits per heavy atom. The maximum absolute atomic E-state index is 13.3. The van der Waals surface area contributed by atoms with E-state index in [2.05, 4.69) is 20.2 Å². The van der Waals surface area contributed by atoms with Crippen LogP contribution in [0.1, 0.15) is 46.4 Å². The number of piperidine rings is 1. The van der Waals surface area contributed by atoms with E-state index in [1.807, 2.05) is 49.4 Å². The molecule has 1 fully saturated rings. The Kier molecular flexibility index (Phi) is 8.63. The van der Waals surface area contributed by atoms with Gasteiger partial charge in [0.2, 0.25) is 5.91 Å². The first-order valence-electron chi connectivity index (χ1n) is 13.4. The zero-order valence-corrected chi connectivity index (χ0v) is 22.4. The molecule has 9 heteroatoms. The van der Waals surface area contributed by atoms with Crippen molar-refractivity contribution in [2.75, 3.05) is 6.54 Å². The summed E-state index contributed by atoms with van der Waals surface area (Å²) in [7, 11) is 0. The zero-order valence-electron chi connectivity index (χ0n) is 22.4. The van der Waals surface area contributed by atoms with Crippen molar-refractivity contribution in [1.82, 2.24) is 25.7 Å². The van der Waals surface area contributed by atoms with Gasteiger partial charge in [-0.15, -0.1) is 0 Å². The van der Waals surface area contributed by atoms with Gasteiger partial charge in [-0.1, -0.05) is 24.3 Å². The molecular formula is C31H33N5O4. The number of rotatable bonds is 9. The van der Waals surface area contributed by atoms with Crippen LogP contribution in [0.5, 0.6) is 5.75 Å². The Morgan fingerprint density at radius 3 is 2.70 bits per heavy atom. The van der Waals surface area contributed by atoms with Crippen LogP contribution in [0.4, 0.5) is 0 Å². The number of fused-ring (bicyclic) bond motifs is 1. The highest BCUT2D eigenvalue weighted by atomic mass is 16.5. The van der Waals surface area contributed by atoms with E-state index in [0.717, 1.165) is 47.1 Å². The zero-order chi connectivity index (χ0) is 27.9. The van der Waals surface area contributed by atoms with Gasteiger partial charge in [-0.3, -0.25) is 29.7 Å². The fourth-order valence-corrected chi connectivity index (χ4v) is 5.36. The molecule has 1 saturated heterocycles. The van der Waals surface area contributed by atoms with E-state index in [4.69, 9.17) is 9.94 Å². The maximum Gasteiger partial charge on any atom is 0.252 e. The molecule has 9 nitrogen and oxygen atoms in total. The molecule has 2 aromatic heterocycles. The highest BCUT2D eigenvalue weighted by Crippen LogP contribution is 2.27. The molecule has 0 bridgehead atoms. The van der Waals surface area contributed by atoms with Gasteiger partial charge in [-0.2, -0.15) is 0 Å². The van der Waals surface area contributed by atoms with Crippen molar-refractivity contribution in [2.45, 2.75) is 45.5 Å². The van der Waals surface area contributed by atoms with Crippen LogP contribution in [0.15, 0.2) is 79.1 Å². The summed E-state index contributed by atoms with van der Waals surface area (Å²) < 4.78 is 6.05. The Bertz CT molecular complexity index is 1460. The topological polar surface area (TPSA) is 117 Å². The minimum atomic E-state index is -0.467. The second-order valence-electron chi connectivity index (χ2n) is 10.1. The highest BCUT2D eigenvalue weighted by molar-refractivity contribution is 5.94. The van der Waals surface area contributed by atoms with E-state index < -0.39 is 5.91 Å². The average Bonchev–Trinajstić information content (AvgIpc) is 2.98. The van der Waals surface area contributed by atoms with Crippen LogP contribution in [-0.4, -0.2) is 44.6 Å². The summed E-state index contributed by atoms with van der Waals surface area (Å²) in [6, 6.07) is 20.9. The second kappa shape index (κ2) is 12.7. The average molecular weight is 540 g/mol. The van der Waals surface area contributed by atoms with Gasteiger partial charge in [-0.05, 0) is 67.8 Å². The second-order valence-corrected chi connectivity index (χ2v) is 10.1. The van der Waals surface area contributed by atoms with Gasteiger partial charge < -0.3 is 10.1 Å². The Labute approximate surface area is 233 Å². The number of carbonyl (C=O) groups excluding carboxylic acids is 2. The molecule has 40 heavy (non-hydrogen) atoms. The third kappa shape index (κ3) is 6.62. The first-order valence-corrected chi connectivity index (χ1v) is 13.4. The molecule has 0 spiro atoms. The summed E-state index contributed by atoms with van der Waals surface area (Å²) in [5.74, 6) is -0.197. The molecule has 2 atom stereocenters. The smallest absolute Gasteiger partial charge is 0.252 e. The van der Waals surface area contributed by atoms with Crippen LogP contribution in [0.3, 0.4) is 0 Å². The molecule has 0 radical (unpaired) electrons. The molecule has 3 heterocycles. The number of hydrogen-bond acceptors (Lipinski definition) is 7. The third-order valence-corrected chi connectivity index (χ3v) is 7.26. The van der Waals surface area contributed by atoms with E-state index >= 15 is 0 Å². The van der Waals surface area contributed by atoms with Crippen molar-refractivity contribution in [1.29, 1.82) is 0 Å². The number of benzene rings is 2. The van der Waals surface area contributed by atoms with E-state index in [-0.39, 0.29) is 24.4 Å². The summed E-state index contributed by atoms with van der Waals surface area (Å²) in [5, 5.41) is 13.3. The number of pyridine rings is 2. The lowest BCUT2D eigenvalue weighted by atomic mass is 9.90. The number of hydrogen-bond donors (Lipinski definition) is 3. The van der Waals surface area contributed by atoms with E-state index in [1.54, 1.807) is 42.1 Å². The molecule has 4 aromatic rings. The summed E-state index contributed by atoms with van der Waals surface area (Å²) in [5.41, 5.74) is 6.16. The Morgan fingerprint density at radius 2 is 1.93 bits per heavy atom. The highest BCUT2D eigenvalue weighted by Gasteiger charge is 2.34. The van der Waals surface area contributed by atoms with Crippen LogP contribution < -0.4 is 15.5 Å². The van der Waals surface area contributed by atoms with Crippen molar-refractivity contribution in [2.24, 2.45) is 5.92 Å². The molecular weight excluding hydrogens is 506 g/mol. The number of amides is 2. The van der Waals surface area contributed by atoms with E-state index in [9.17, 15) is 9.59 Å². The van der Waals surface area contributed by atoms with Gasteiger partial charge in [-0.25, -0.2) is 5.48 Å². The van der Waals surface area contributed by atoms with E-state index in [1.165, 1.54) is 0 Å². The van der Waals surface area contributed by atoms with Gasteiger partial charge in [0, 0.05) is 60.0 Å². The standard InChI is InChI=1S/C31H33N5O4/c1-21-16-25(27-8-2-3-9-28(27)33-21)20-40-26-12-10-23(11-13-26)31(38)34-30-24(17-29(37)35-39)7-5-15-36(30)19-22-6-4-14-32-18-22/h2-4,6,8-14,16,18,24,30,39H,5,7,15,17,19-20H2,1H3,(H,34,38)(H,35,37)/t24-,30?/m1/s1. The van der Waals surface area contributed by atoms with Crippen molar-refractivity contribution >= 4 is 22.7 Å². The van der Waals surface area contributed by atoms with Gasteiger partial charge in [0.15, 0.2) is 0 Å². The van der Waals surface area contributed by atoms with Crippen LogP contribution >= 0.6 is 0 Å². The Balaban J connectivity index is 1.27. The lowest BCUT2D eigenvalue weighted by Crippen LogP contribution is -2.55. The lowest BCUT2D eigenvalue weighted by Gasteiger charge is -2.41. The first-order chi connectivity index (χ1) is 19.5. The predicted octanol–water partition coefficient (Wildman–Crippen LogP) is 4.38. The summed E-state index contributed by atoms with van der Waals surface area (Å²) in [4.78, 5) is 36.3. The predicted molar refractivity (Wildman–Crippen MR) is 150 cm³/mol. The fourth-order valence-electron chi connectivity index (χ4n) is 5.36. The van der Waals surface area contributed by atoms with E-state index in [0.29, 0.717) is 24.5 Å². The van der Waals surface area contributed by atoms with Crippen LogP contribution in [0.25, 0.3) is 10.9 Å². The summed E-state index contributed by atoms with van der Waals surface area (Å²) in [6.45, 7) is 3.71. The minimum Gasteiger partial charge on any atom is -0.489 e. The van der Waals surface area contributed by atoms with Gasteiger partial charge in [0.25, 0.3) is 5.91 Å². The monoisotopic (exact) mass is 539 g/mol. The minimum absolute atomic E-state index is 0.112. The van der Waals surface area contributed by atoms with Crippen LogP contribution in [0, 0.1) is 12.8 Å². The molecule has 3 N–H and O–H groups in total. The molecule has 2 amide bonds. The summed E-state index contributed by atoms with van der Waals surface area (Å²) >= 11 is 0. The van der Waals surface area contributed by atoms with Crippen molar-refractivity contribution < 1.29 is 19.5 Å². The molecule has 1 aliphatic rings. The normalized spacial score (nSPS) is 17.4. The quantitative estimate of drug-likeness (QED) is 0.213. The number of ether oxygens (including phenoxy) is 1. The largest absolute Gasteiger partial charge is 0.489 e. The Hall–Kier alpha value is -4.34. The molecule has 0 aliphatic carbocycles. The number of nitrogens with zero attached hydrogens (tertiary/aromatic N) is 3. The van der Waals surface area contributed by atoms with Crippen molar-refractivity contribution in [3.8, 4) is 5.75 Å². The number of aryl methyl sites for hydroxylation is 1. The van der Waals surface area contributed by atoms with Gasteiger partial charge >= 0.3 is 0 Å². The number of aromatic nitrogens is 2. The first kappa shape index (κ1) is 27.2. The van der Waals surface area contributed by atoms with Crippen LogP contribution in [0.2, 0.25) is 0 Å². The maximum atomic E-state index is 13.3. The number of hydroxylamine groups is 1. The molecule has 1 unspecified atom stereocenters.